The van der Waals surface area contributed by atoms with Crippen molar-refractivity contribution in [3.63, 3.8) is 0 Å². The number of hydrogen-bond donors (Lipinski definition) is 1. The first-order chi connectivity index (χ1) is 8.88. The molecule has 0 bridgehead atoms. The van der Waals surface area contributed by atoms with Crippen LogP contribution in [-0.2, 0) is 15.6 Å². The Morgan fingerprint density at radius 3 is 2.68 bits per heavy atom. The predicted octanol–water partition coefficient (Wildman–Crippen LogP) is 2.71. The molecule has 0 amide bonds. The van der Waals surface area contributed by atoms with Gasteiger partial charge in [0.2, 0.25) is 0 Å². The van der Waals surface area contributed by atoms with Gasteiger partial charge in [0, 0.05) is 10.2 Å². The molecule has 1 aromatic heterocycles. The summed E-state index contributed by atoms with van der Waals surface area (Å²) in [4.78, 5) is 4.33. The van der Waals surface area contributed by atoms with Gasteiger partial charge >= 0.3 is 0 Å². The molecular weight excluding hydrogens is 328 g/mol. The molecule has 0 unspecified atom stereocenters. The van der Waals surface area contributed by atoms with Crippen LogP contribution >= 0.6 is 15.9 Å². The van der Waals surface area contributed by atoms with Crippen LogP contribution in [0, 0.1) is 6.92 Å². The maximum absolute atomic E-state index is 12.3. The monoisotopic (exact) mass is 340 g/mol. The Labute approximate surface area is 120 Å². The maximum Gasteiger partial charge on any atom is 0.186 e. The van der Waals surface area contributed by atoms with Gasteiger partial charge in [-0.05, 0) is 37.3 Å². The van der Waals surface area contributed by atoms with E-state index in [1.807, 2.05) is 13.0 Å². The zero-order valence-corrected chi connectivity index (χ0v) is 12.7. The second kappa shape index (κ2) is 5.30. The first-order valence-corrected chi connectivity index (χ1v) is 8.03. The fraction of sp³-hybridized carbons (Fsp3) is 0.154. The summed E-state index contributed by atoms with van der Waals surface area (Å²) in [5.74, 6) is -0.157. The Bertz CT molecular complexity index is 714. The molecule has 0 aliphatic carbocycles. The van der Waals surface area contributed by atoms with E-state index in [0.717, 1.165) is 5.69 Å². The largest absolute Gasteiger partial charge is 0.398 e. The third-order valence-electron chi connectivity index (χ3n) is 2.59. The summed E-state index contributed by atoms with van der Waals surface area (Å²) in [6, 6.07) is 10.1. The van der Waals surface area contributed by atoms with Crippen molar-refractivity contribution in [3.8, 4) is 0 Å². The molecule has 0 radical (unpaired) electrons. The molecule has 1 heterocycles. The second-order valence-corrected chi connectivity index (χ2v) is 7.09. The van der Waals surface area contributed by atoms with Gasteiger partial charge in [-0.3, -0.25) is 4.98 Å². The molecule has 6 heteroatoms. The molecule has 4 nitrogen and oxygen atoms in total. The molecule has 100 valence electrons. The number of anilines is 1. The summed E-state index contributed by atoms with van der Waals surface area (Å²) in [7, 11) is -3.50. The Balaban J connectivity index is 2.40. The zero-order chi connectivity index (χ0) is 14.0. The molecule has 2 aromatic rings. The Hall–Kier alpha value is -1.40. The summed E-state index contributed by atoms with van der Waals surface area (Å²) in [6.45, 7) is 1.82. The van der Waals surface area contributed by atoms with Crippen LogP contribution in [-0.4, -0.2) is 13.4 Å². The standard InChI is InChI=1S/C13H13BrN2O2S/c1-9-3-2-4-11(16-9)8-19(17,18)13-7-10(14)5-6-12(13)15/h2-7H,8,15H2,1H3. The molecule has 0 aliphatic rings. The van der Waals surface area contributed by atoms with Crippen LogP contribution in [0.2, 0.25) is 0 Å². The molecule has 0 spiro atoms. The number of sulfone groups is 1. The number of hydrogen-bond acceptors (Lipinski definition) is 4. The Kier molecular flexibility index (Phi) is 3.91. The molecule has 0 saturated heterocycles. The summed E-state index contributed by atoms with van der Waals surface area (Å²) >= 11 is 3.25. The topological polar surface area (TPSA) is 73.0 Å². The lowest BCUT2D eigenvalue weighted by Gasteiger charge is -2.08. The van der Waals surface area contributed by atoms with Gasteiger partial charge < -0.3 is 5.73 Å². The van der Waals surface area contributed by atoms with Crippen molar-refractivity contribution >= 4 is 31.5 Å². The van der Waals surface area contributed by atoms with Crippen molar-refractivity contribution in [1.29, 1.82) is 0 Å². The number of nitrogens with zero attached hydrogens (tertiary/aromatic N) is 1. The number of benzene rings is 1. The smallest absolute Gasteiger partial charge is 0.186 e. The number of halogens is 1. The van der Waals surface area contributed by atoms with Crippen LogP contribution in [0.3, 0.4) is 0 Å². The summed E-state index contributed by atoms with van der Waals surface area (Å²) in [5.41, 5.74) is 7.29. The molecule has 2 rings (SSSR count). The van der Waals surface area contributed by atoms with Gasteiger partial charge in [0.1, 0.15) is 0 Å². The molecule has 1 aromatic carbocycles. The number of pyridine rings is 1. The van der Waals surface area contributed by atoms with E-state index in [1.54, 1.807) is 24.3 Å². The average Bonchev–Trinajstić information content (AvgIpc) is 2.31. The minimum Gasteiger partial charge on any atom is -0.398 e. The van der Waals surface area contributed by atoms with Gasteiger partial charge in [-0.2, -0.15) is 0 Å². The molecule has 0 aliphatic heterocycles. The van der Waals surface area contributed by atoms with E-state index in [-0.39, 0.29) is 16.3 Å². The molecule has 0 atom stereocenters. The van der Waals surface area contributed by atoms with Crippen LogP contribution in [0.4, 0.5) is 5.69 Å². The third kappa shape index (κ3) is 3.33. The lowest BCUT2D eigenvalue weighted by atomic mass is 10.3. The quantitative estimate of drug-likeness (QED) is 0.872. The van der Waals surface area contributed by atoms with E-state index in [4.69, 9.17) is 5.73 Å². The van der Waals surface area contributed by atoms with Crippen LogP contribution in [0.25, 0.3) is 0 Å². The molecule has 0 fully saturated rings. The fourth-order valence-electron chi connectivity index (χ4n) is 1.73. The Morgan fingerprint density at radius 2 is 2.00 bits per heavy atom. The van der Waals surface area contributed by atoms with Crippen molar-refractivity contribution in [2.24, 2.45) is 0 Å². The lowest BCUT2D eigenvalue weighted by Crippen LogP contribution is -2.09. The number of nitrogen functional groups attached to an aromatic ring is 1. The first-order valence-electron chi connectivity index (χ1n) is 5.59. The maximum atomic E-state index is 12.3. The molecule has 2 N–H and O–H groups in total. The van der Waals surface area contributed by atoms with E-state index in [9.17, 15) is 8.42 Å². The van der Waals surface area contributed by atoms with Gasteiger partial charge in [0.05, 0.1) is 22.0 Å². The van der Waals surface area contributed by atoms with Crippen molar-refractivity contribution < 1.29 is 8.42 Å². The van der Waals surface area contributed by atoms with Crippen molar-refractivity contribution in [2.45, 2.75) is 17.6 Å². The van der Waals surface area contributed by atoms with Gasteiger partial charge in [0.25, 0.3) is 0 Å². The highest BCUT2D eigenvalue weighted by molar-refractivity contribution is 9.10. The average molecular weight is 341 g/mol. The van der Waals surface area contributed by atoms with Crippen LogP contribution in [0.5, 0.6) is 0 Å². The SMILES string of the molecule is Cc1cccc(CS(=O)(=O)c2cc(Br)ccc2N)n1. The predicted molar refractivity (Wildman–Crippen MR) is 78.4 cm³/mol. The second-order valence-electron chi connectivity index (χ2n) is 4.21. The van der Waals surface area contributed by atoms with Gasteiger partial charge in [-0.25, -0.2) is 8.42 Å². The van der Waals surface area contributed by atoms with E-state index < -0.39 is 9.84 Å². The zero-order valence-electron chi connectivity index (χ0n) is 10.3. The van der Waals surface area contributed by atoms with E-state index in [2.05, 4.69) is 20.9 Å². The first kappa shape index (κ1) is 14.0. The Morgan fingerprint density at radius 1 is 1.26 bits per heavy atom. The van der Waals surface area contributed by atoms with Crippen molar-refractivity contribution in [3.05, 3.63) is 52.3 Å². The van der Waals surface area contributed by atoms with Crippen LogP contribution in [0.15, 0.2) is 45.8 Å². The number of aryl methyl sites for hydroxylation is 1. The highest BCUT2D eigenvalue weighted by atomic mass is 79.9. The van der Waals surface area contributed by atoms with E-state index in [0.29, 0.717) is 10.2 Å². The van der Waals surface area contributed by atoms with E-state index >= 15 is 0 Å². The van der Waals surface area contributed by atoms with Crippen molar-refractivity contribution in [2.75, 3.05) is 5.73 Å². The molecule has 0 saturated carbocycles. The third-order valence-corrected chi connectivity index (χ3v) is 4.79. The van der Waals surface area contributed by atoms with Gasteiger partial charge in [-0.15, -0.1) is 0 Å². The number of nitrogens with two attached hydrogens (primary N) is 1. The summed E-state index contributed by atoms with van der Waals surface area (Å²) in [6.07, 6.45) is 0. The normalized spacial score (nSPS) is 11.5. The molecular formula is C13H13BrN2O2S. The van der Waals surface area contributed by atoms with Crippen LogP contribution < -0.4 is 5.73 Å². The summed E-state index contributed by atoms with van der Waals surface area (Å²) < 4.78 is 25.4. The fourth-order valence-corrected chi connectivity index (χ4v) is 3.68. The summed E-state index contributed by atoms with van der Waals surface area (Å²) in [5, 5.41) is 0. The van der Waals surface area contributed by atoms with Gasteiger partial charge in [-0.1, -0.05) is 22.0 Å². The lowest BCUT2D eigenvalue weighted by molar-refractivity contribution is 0.595. The minimum absolute atomic E-state index is 0.130. The van der Waals surface area contributed by atoms with Crippen molar-refractivity contribution in [1.82, 2.24) is 4.98 Å². The number of aromatic nitrogens is 1. The molecule has 19 heavy (non-hydrogen) atoms. The number of rotatable bonds is 3. The van der Waals surface area contributed by atoms with Crippen LogP contribution in [0.1, 0.15) is 11.4 Å². The highest BCUT2D eigenvalue weighted by Gasteiger charge is 2.19. The minimum atomic E-state index is -3.50. The van der Waals surface area contributed by atoms with E-state index in [1.165, 1.54) is 6.07 Å². The van der Waals surface area contributed by atoms with Gasteiger partial charge in [0.15, 0.2) is 9.84 Å². The highest BCUT2D eigenvalue weighted by Crippen LogP contribution is 2.25.